The van der Waals surface area contributed by atoms with E-state index in [9.17, 15) is 9.18 Å². The molecular weight excluding hydrogens is 259 g/mol. The number of alkyl halides is 1. The number of nitrogens with zero attached hydrogens (tertiary/aromatic N) is 1. The molecule has 2 heterocycles. The van der Waals surface area contributed by atoms with E-state index in [1.165, 1.54) is 18.7 Å². The van der Waals surface area contributed by atoms with Gasteiger partial charge in [0.1, 0.15) is 24.3 Å². The number of esters is 1. The summed E-state index contributed by atoms with van der Waals surface area (Å²) in [5.74, 6) is -0.344. The van der Waals surface area contributed by atoms with E-state index in [4.69, 9.17) is 9.47 Å². The molecule has 0 radical (unpaired) electrons. The number of carbonyl (C=O) groups is 1. The van der Waals surface area contributed by atoms with Crippen molar-refractivity contribution in [3.8, 4) is 0 Å². The molecule has 0 aromatic carbocycles. The lowest BCUT2D eigenvalue weighted by atomic mass is 10.00. The van der Waals surface area contributed by atoms with Crippen molar-refractivity contribution in [2.45, 2.75) is 17.9 Å². The monoisotopic (exact) mass is 274 g/mol. The maximum absolute atomic E-state index is 12.1. The van der Waals surface area contributed by atoms with Crippen LogP contribution < -0.4 is 5.32 Å². The summed E-state index contributed by atoms with van der Waals surface area (Å²) in [4.78, 5) is 15.0. The molecule has 0 saturated carbocycles. The average molecular weight is 274 g/mol. The standard InChI is InChI=1S/C11H15FN2O3S/c1-8(15)17-7-11-3-2-6-16-9(11)18-10(14-11)13-5-4-12/h2-3,9H,4-7H2,1H3,(H,13,14). The summed E-state index contributed by atoms with van der Waals surface area (Å²) in [6, 6.07) is 0. The van der Waals surface area contributed by atoms with E-state index in [0.29, 0.717) is 11.8 Å². The maximum Gasteiger partial charge on any atom is 0.302 e. The number of ether oxygens (including phenoxy) is 2. The van der Waals surface area contributed by atoms with Crippen LogP contribution in [0.15, 0.2) is 17.1 Å². The summed E-state index contributed by atoms with van der Waals surface area (Å²) >= 11 is 1.39. The SMILES string of the molecule is CC(=O)OCC12C=CCOC1SC(=NCCF)N2. The molecule has 2 rings (SSSR count). The number of rotatable bonds is 4. The summed E-state index contributed by atoms with van der Waals surface area (Å²) in [7, 11) is 0. The zero-order valence-electron chi connectivity index (χ0n) is 10.0. The second kappa shape index (κ2) is 5.71. The van der Waals surface area contributed by atoms with Gasteiger partial charge in [0.25, 0.3) is 0 Å². The summed E-state index contributed by atoms with van der Waals surface area (Å²) < 4.78 is 22.8. The molecule has 2 aliphatic rings. The van der Waals surface area contributed by atoms with Gasteiger partial charge in [-0.1, -0.05) is 23.9 Å². The molecule has 0 aromatic heterocycles. The molecule has 2 atom stereocenters. The Labute approximate surface area is 109 Å². The highest BCUT2D eigenvalue weighted by Gasteiger charge is 2.48. The van der Waals surface area contributed by atoms with Crippen LogP contribution in [-0.2, 0) is 14.3 Å². The summed E-state index contributed by atoms with van der Waals surface area (Å²) in [6.45, 7) is 1.67. The molecule has 0 spiro atoms. The van der Waals surface area contributed by atoms with Crippen molar-refractivity contribution in [1.29, 1.82) is 0 Å². The van der Waals surface area contributed by atoms with Crippen molar-refractivity contribution in [3.05, 3.63) is 12.2 Å². The largest absolute Gasteiger partial charge is 0.463 e. The van der Waals surface area contributed by atoms with E-state index < -0.39 is 12.2 Å². The summed E-state index contributed by atoms with van der Waals surface area (Å²) in [6.07, 6.45) is 3.79. The molecule has 5 nitrogen and oxygen atoms in total. The highest BCUT2D eigenvalue weighted by molar-refractivity contribution is 8.14. The number of halogens is 1. The lowest BCUT2D eigenvalue weighted by Crippen LogP contribution is -2.53. The third-order valence-corrected chi connectivity index (χ3v) is 3.82. The summed E-state index contributed by atoms with van der Waals surface area (Å²) in [5.41, 5.74) is -0.802. The Balaban J connectivity index is 2.10. The molecule has 1 saturated heterocycles. The fourth-order valence-corrected chi connectivity index (χ4v) is 2.97. The predicted octanol–water partition coefficient (Wildman–Crippen LogP) is 0.863. The van der Waals surface area contributed by atoms with Gasteiger partial charge in [-0.3, -0.25) is 9.79 Å². The van der Waals surface area contributed by atoms with Crippen molar-refractivity contribution in [3.63, 3.8) is 0 Å². The fourth-order valence-electron chi connectivity index (χ4n) is 1.79. The zero-order valence-corrected chi connectivity index (χ0v) is 10.8. The van der Waals surface area contributed by atoms with Crippen molar-refractivity contribution < 1.29 is 18.7 Å². The molecule has 0 bridgehead atoms. The molecule has 2 aliphatic heterocycles. The molecule has 1 N–H and O–H groups in total. The molecule has 18 heavy (non-hydrogen) atoms. The predicted molar refractivity (Wildman–Crippen MR) is 67.2 cm³/mol. The first-order valence-corrected chi connectivity index (χ1v) is 6.52. The molecule has 0 aromatic rings. The summed E-state index contributed by atoms with van der Waals surface area (Å²) in [5, 5.41) is 3.78. The van der Waals surface area contributed by atoms with Crippen molar-refractivity contribution in [2.75, 3.05) is 26.4 Å². The third kappa shape index (κ3) is 2.84. The van der Waals surface area contributed by atoms with Crippen LogP contribution in [0.25, 0.3) is 0 Å². The highest BCUT2D eigenvalue weighted by atomic mass is 32.2. The minimum Gasteiger partial charge on any atom is -0.463 e. The van der Waals surface area contributed by atoms with Crippen LogP contribution >= 0.6 is 11.8 Å². The number of hydrogen-bond acceptors (Lipinski definition) is 5. The van der Waals surface area contributed by atoms with Gasteiger partial charge in [0.15, 0.2) is 5.17 Å². The molecule has 1 fully saturated rings. The Bertz CT molecular complexity index is 388. The average Bonchev–Trinajstić information content (AvgIpc) is 2.72. The number of fused-ring (bicyclic) bond motifs is 1. The van der Waals surface area contributed by atoms with Crippen LogP contribution in [0.3, 0.4) is 0 Å². The van der Waals surface area contributed by atoms with E-state index in [0.717, 1.165) is 0 Å². The van der Waals surface area contributed by atoms with Gasteiger partial charge < -0.3 is 14.8 Å². The van der Waals surface area contributed by atoms with E-state index in [1.807, 2.05) is 12.2 Å². The second-order valence-electron chi connectivity index (χ2n) is 4.01. The Kier molecular flexibility index (Phi) is 4.23. The maximum atomic E-state index is 12.1. The molecule has 0 amide bonds. The van der Waals surface area contributed by atoms with E-state index >= 15 is 0 Å². The second-order valence-corrected chi connectivity index (χ2v) is 5.06. The van der Waals surface area contributed by atoms with E-state index in [-0.39, 0.29) is 24.6 Å². The number of carbonyl (C=O) groups excluding carboxylic acids is 1. The molecule has 7 heteroatoms. The quantitative estimate of drug-likeness (QED) is 0.608. The van der Waals surface area contributed by atoms with Gasteiger partial charge in [0.05, 0.1) is 13.2 Å². The zero-order chi connectivity index (χ0) is 13.0. The van der Waals surface area contributed by atoms with E-state index in [2.05, 4.69) is 10.3 Å². The van der Waals surface area contributed by atoms with Gasteiger partial charge in [0, 0.05) is 6.92 Å². The Morgan fingerprint density at radius 1 is 1.83 bits per heavy atom. The molecule has 100 valence electrons. The van der Waals surface area contributed by atoms with Crippen LogP contribution in [0.5, 0.6) is 0 Å². The van der Waals surface area contributed by atoms with Crippen LogP contribution in [-0.4, -0.2) is 48.5 Å². The van der Waals surface area contributed by atoms with Gasteiger partial charge >= 0.3 is 5.97 Å². The van der Waals surface area contributed by atoms with Gasteiger partial charge in [-0.15, -0.1) is 0 Å². The number of amidine groups is 1. The van der Waals surface area contributed by atoms with E-state index in [1.54, 1.807) is 0 Å². The molecular formula is C11H15FN2O3S. The molecule has 0 aliphatic carbocycles. The Morgan fingerprint density at radius 2 is 2.67 bits per heavy atom. The van der Waals surface area contributed by atoms with Gasteiger partial charge in [0.2, 0.25) is 0 Å². The minimum absolute atomic E-state index is 0.120. The fraction of sp³-hybridized carbons (Fsp3) is 0.636. The Hall–Kier alpha value is -1.08. The van der Waals surface area contributed by atoms with Crippen LogP contribution in [0.4, 0.5) is 4.39 Å². The molecule has 2 unspecified atom stereocenters. The Morgan fingerprint density at radius 3 is 3.39 bits per heavy atom. The van der Waals surface area contributed by atoms with Gasteiger partial charge in [-0.25, -0.2) is 4.39 Å². The first-order valence-electron chi connectivity index (χ1n) is 5.64. The lowest BCUT2D eigenvalue weighted by Gasteiger charge is -2.32. The topological polar surface area (TPSA) is 59.9 Å². The third-order valence-electron chi connectivity index (χ3n) is 2.59. The number of thioether (sulfide) groups is 1. The first kappa shape index (κ1) is 13.4. The number of hydrogen-bond donors (Lipinski definition) is 1. The van der Waals surface area contributed by atoms with Crippen molar-refractivity contribution >= 4 is 22.9 Å². The highest BCUT2D eigenvalue weighted by Crippen LogP contribution is 2.36. The van der Waals surface area contributed by atoms with Crippen LogP contribution in [0.1, 0.15) is 6.92 Å². The normalized spacial score (nSPS) is 32.1. The van der Waals surface area contributed by atoms with Crippen molar-refractivity contribution in [1.82, 2.24) is 5.32 Å². The first-order chi connectivity index (χ1) is 8.66. The number of nitrogens with one attached hydrogen (secondary N) is 1. The minimum atomic E-state index is -0.594. The lowest BCUT2D eigenvalue weighted by molar-refractivity contribution is -0.143. The van der Waals surface area contributed by atoms with Crippen molar-refractivity contribution in [2.24, 2.45) is 4.99 Å². The van der Waals surface area contributed by atoms with Gasteiger partial charge in [-0.05, 0) is 0 Å². The number of aliphatic imine (C=N–C) groups is 1. The smallest absolute Gasteiger partial charge is 0.302 e. The van der Waals surface area contributed by atoms with Crippen LogP contribution in [0, 0.1) is 0 Å². The van der Waals surface area contributed by atoms with Crippen LogP contribution in [0.2, 0.25) is 0 Å². The van der Waals surface area contributed by atoms with Gasteiger partial charge in [-0.2, -0.15) is 0 Å².